The summed E-state index contributed by atoms with van der Waals surface area (Å²) in [6.07, 6.45) is 3.14. The Morgan fingerprint density at radius 1 is 1.43 bits per heavy atom. The Balaban J connectivity index is 1.46. The molecule has 2 aliphatic rings. The number of hydrogen-bond donors (Lipinski definition) is 2. The standard InChI is InChI=1S/C14H20N4O3/c19-12-3-1-6-18(12)7-2-5-15-14(20)13-10-9-21-8-4-11(10)16-17-13/h1-9H2,(H,15,20)(H,16,17). The van der Waals surface area contributed by atoms with Gasteiger partial charge in [0.15, 0.2) is 5.69 Å². The van der Waals surface area contributed by atoms with Crippen molar-refractivity contribution >= 4 is 11.8 Å². The fourth-order valence-electron chi connectivity index (χ4n) is 2.80. The summed E-state index contributed by atoms with van der Waals surface area (Å²) in [5.41, 5.74) is 2.30. The zero-order chi connectivity index (χ0) is 14.7. The summed E-state index contributed by atoms with van der Waals surface area (Å²) in [6, 6.07) is 0. The van der Waals surface area contributed by atoms with E-state index in [4.69, 9.17) is 4.74 Å². The molecule has 0 saturated carbocycles. The van der Waals surface area contributed by atoms with E-state index in [0.717, 1.165) is 37.1 Å². The molecule has 1 aromatic rings. The van der Waals surface area contributed by atoms with Gasteiger partial charge in [0.25, 0.3) is 5.91 Å². The summed E-state index contributed by atoms with van der Waals surface area (Å²) >= 11 is 0. The summed E-state index contributed by atoms with van der Waals surface area (Å²) < 4.78 is 5.37. The Morgan fingerprint density at radius 2 is 2.33 bits per heavy atom. The van der Waals surface area contributed by atoms with Gasteiger partial charge in [-0.3, -0.25) is 14.7 Å². The van der Waals surface area contributed by atoms with Crippen LogP contribution in [0.1, 0.15) is 41.0 Å². The van der Waals surface area contributed by atoms with E-state index in [0.29, 0.717) is 38.4 Å². The average Bonchev–Trinajstić information content (AvgIpc) is 3.10. The van der Waals surface area contributed by atoms with Gasteiger partial charge in [0.2, 0.25) is 5.91 Å². The van der Waals surface area contributed by atoms with Gasteiger partial charge in [0.05, 0.1) is 13.2 Å². The van der Waals surface area contributed by atoms with Crippen LogP contribution in [0.2, 0.25) is 0 Å². The Morgan fingerprint density at radius 3 is 3.14 bits per heavy atom. The minimum atomic E-state index is -0.175. The Kier molecular flexibility index (Phi) is 4.19. The second-order valence-corrected chi connectivity index (χ2v) is 5.43. The highest BCUT2D eigenvalue weighted by Gasteiger charge is 2.22. The normalized spacial score (nSPS) is 17.9. The molecule has 1 fully saturated rings. The van der Waals surface area contributed by atoms with E-state index in [-0.39, 0.29) is 11.8 Å². The van der Waals surface area contributed by atoms with Gasteiger partial charge in [-0.1, -0.05) is 0 Å². The number of amides is 2. The van der Waals surface area contributed by atoms with Crippen LogP contribution in [0.4, 0.5) is 0 Å². The second kappa shape index (κ2) is 6.26. The number of H-pyrrole nitrogens is 1. The molecule has 1 aromatic heterocycles. The molecular weight excluding hydrogens is 272 g/mol. The van der Waals surface area contributed by atoms with Crippen molar-refractivity contribution in [2.75, 3.05) is 26.2 Å². The Bertz CT molecular complexity index is 540. The van der Waals surface area contributed by atoms with E-state index < -0.39 is 0 Å². The van der Waals surface area contributed by atoms with Crippen molar-refractivity contribution < 1.29 is 14.3 Å². The van der Waals surface area contributed by atoms with Crippen molar-refractivity contribution in [3.8, 4) is 0 Å². The molecule has 3 heterocycles. The lowest BCUT2D eigenvalue weighted by atomic mass is 10.1. The summed E-state index contributed by atoms with van der Waals surface area (Å²) in [7, 11) is 0. The summed E-state index contributed by atoms with van der Waals surface area (Å²) in [4.78, 5) is 25.4. The van der Waals surface area contributed by atoms with E-state index in [1.54, 1.807) is 0 Å². The Labute approximate surface area is 123 Å². The van der Waals surface area contributed by atoms with Crippen molar-refractivity contribution in [1.82, 2.24) is 20.4 Å². The minimum Gasteiger partial charge on any atom is -0.376 e. The molecule has 21 heavy (non-hydrogen) atoms. The van der Waals surface area contributed by atoms with E-state index in [1.165, 1.54) is 0 Å². The van der Waals surface area contributed by atoms with Crippen LogP contribution in [-0.4, -0.2) is 53.2 Å². The molecule has 0 spiro atoms. The van der Waals surface area contributed by atoms with Crippen LogP contribution in [0.3, 0.4) is 0 Å². The predicted molar refractivity (Wildman–Crippen MR) is 74.7 cm³/mol. The highest BCUT2D eigenvalue weighted by atomic mass is 16.5. The maximum atomic E-state index is 12.1. The fourth-order valence-corrected chi connectivity index (χ4v) is 2.80. The molecule has 1 saturated heterocycles. The molecule has 2 aliphatic heterocycles. The van der Waals surface area contributed by atoms with Crippen LogP contribution in [0.25, 0.3) is 0 Å². The summed E-state index contributed by atoms with van der Waals surface area (Å²) in [6.45, 7) is 3.21. The lowest BCUT2D eigenvalue weighted by Gasteiger charge is -2.15. The van der Waals surface area contributed by atoms with E-state index in [9.17, 15) is 9.59 Å². The summed E-state index contributed by atoms with van der Waals surface area (Å²) in [5.74, 6) is 0.0468. The second-order valence-electron chi connectivity index (χ2n) is 5.43. The van der Waals surface area contributed by atoms with Crippen molar-refractivity contribution in [2.45, 2.75) is 32.3 Å². The number of aromatic amines is 1. The number of fused-ring (bicyclic) bond motifs is 1. The van der Waals surface area contributed by atoms with Crippen LogP contribution >= 0.6 is 0 Å². The Hall–Kier alpha value is -1.89. The number of rotatable bonds is 5. The van der Waals surface area contributed by atoms with Gasteiger partial charge in [0.1, 0.15) is 0 Å². The fraction of sp³-hybridized carbons (Fsp3) is 0.643. The maximum absolute atomic E-state index is 12.1. The number of nitrogens with one attached hydrogen (secondary N) is 2. The van der Waals surface area contributed by atoms with Crippen LogP contribution in [-0.2, 0) is 22.6 Å². The number of carbonyl (C=O) groups excluding carboxylic acids is 2. The highest BCUT2D eigenvalue weighted by molar-refractivity contribution is 5.93. The quantitative estimate of drug-likeness (QED) is 0.760. The van der Waals surface area contributed by atoms with Crippen LogP contribution in [0, 0.1) is 0 Å². The topological polar surface area (TPSA) is 87.3 Å². The van der Waals surface area contributed by atoms with E-state index in [1.807, 2.05) is 4.90 Å². The molecule has 0 radical (unpaired) electrons. The lowest BCUT2D eigenvalue weighted by molar-refractivity contribution is -0.127. The predicted octanol–water partition coefficient (Wildman–Crippen LogP) is 0.225. The zero-order valence-corrected chi connectivity index (χ0v) is 12.0. The van der Waals surface area contributed by atoms with Crippen molar-refractivity contribution in [2.24, 2.45) is 0 Å². The molecule has 114 valence electrons. The number of likely N-dealkylation sites (tertiary alicyclic amines) is 1. The first-order valence-electron chi connectivity index (χ1n) is 7.45. The minimum absolute atomic E-state index is 0.175. The SMILES string of the molecule is O=C(NCCCN1CCCC1=O)c1n[nH]c2c1COCC2. The number of carbonyl (C=O) groups is 2. The first-order chi connectivity index (χ1) is 10.3. The molecule has 0 aliphatic carbocycles. The van der Waals surface area contributed by atoms with Gasteiger partial charge in [-0.2, -0.15) is 5.10 Å². The maximum Gasteiger partial charge on any atom is 0.272 e. The van der Waals surface area contributed by atoms with Gasteiger partial charge < -0.3 is 15.0 Å². The van der Waals surface area contributed by atoms with Gasteiger partial charge in [0, 0.05) is 43.7 Å². The number of nitrogens with zero attached hydrogens (tertiary/aromatic N) is 2. The first kappa shape index (κ1) is 14.1. The molecule has 2 amide bonds. The number of aromatic nitrogens is 2. The monoisotopic (exact) mass is 292 g/mol. The van der Waals surface area contributed by atoms with E-state index >= 15 is 0 Å². The molecule has 0 aromatic carbocycles. The largest absolute Gasteiger partial charge is 0.376 e. The van der Waals surface area contributed by atoms with Crippen LogP contribution < -0.4 is 5.32 Å². The third-order valence-electron chi connectivity index (χ3n) is 3.97. The smallest absolute Gasteiger partial charge is 0.272 e. The van der Waals surface area contributed by atoms with Gasteiger partial charge in [-0.05, 0) is 12.8 Å². The first-order valence-corrected chi connectivity index (χ1v) is 7.45. The van der Waals surface area contributed by atoms with Gasteiger partial charge in [-0.15, -0.1) is 0 Å². The third kappa shape index (κ3) is 3.07. The molecule has 0 unspecified atom stereocenters. The molecule has 0 atom stereocenters. The lowest BCUT2D eigenvalue weighted by Crippen LogP contribution is -2.31. The molecule has 2 N–H and O–H groups in total. The molecular formula is C14H20N4O3. The average molecular weight is 292 g/mol. The number of ether oxygens (including phenoxy) is 1. The molecule has 7 heteroatoms. The van der Waals surface area contributed by atoms with Crippen molar-refractivity contribution in [3.63, 3.8) is 0 Å². The van der Waals surface area contributed by atoms with Crippen LogP contribution in [0.5, 0.6) is 0 Å². The van der Waals surface area contributed by atoms with Gasteiger partial charge in [-0.25, -0.2) is 0 Å². The van der Waals surface area contributed by atoms with Gasteiger partial charge >= 0.3 is 0 Å². The van der Waals surface area contributed by atoms with Crippen molar-refractivity contribution in [1.29, 1.82) is 0 Å². The molecule has 0 bridgehead atoms. The number of hydrogen-bond acceptors (Lipinski definition) is 4. The molecule has 3 rings (SSSR count). The van der Waals surface area contributed by atoms with Crippen molar-refractivity contribution in [3.05, 3.63) is 17.0 Å². The van der Waals surface area contributed by atoms with E-state index in [2.05, 4.69) is 15.5 Å². The zero-order valence-electron chi connectivity index (χ0n) is 12.0. The van der Waals surface area contributed by atoms with Crippen LogP contribution in [0.15, 0.2) is 0 Å². The highest BCUT2D eigenvalue weighted by Crippen LogP contribution is 2.17. The summed E-state index contributed by atoms with van der Waals surface area (Å²) in [5, 5.41) is 9.85. The third-order valence-corrected chi connectivity index (χ3v) is 3.97. The molecule has 7 nitrogen and oxygen atoms in total.